The van der Waals surface area contributed by atoms with E-state index in [2.05, 4.69) is 49.3 Å². The summed E-state index contributed by atoms with van der Waals surface area (Å²) < 4.78 is 7.10. The van der Waals surface area contributed by atoms with Crippen molar-refractivity contribution in [2.75, 3.05) is 33.7 Å². The van der Waals surface area contributed by atoms with Gasteiger partial charge in [0.15, 0.2) is 0 Å². The summed E-state index contributed by atoms with van der Waals surface area (Å²) in [6.07, 6.45) is 3.17. The molecule has 0 spiro atoms. The molecule has 170 valence electrons. The van der Waals surface area contributed by atoms with E-state index >= 15 is 0 Å². The van der Waals surface area contributed by atoms with Crippen molar-refractivity contribution in [3.05, 3.63) is 95.6 Å². The molecule has 3 aromatic rings. The number of likely N-dealkylation sites (tertiary alicyclic amines) is 1. The third-order valence-corrected chi connectivity index (χ3v) is 7.51. The Hall–Kier alpha value is -3.11. The van der Waals surface area contributed by atoms with Crippen LogP contribution in [0.3, 0.4) is 0 Å². The van der Waals surface area contributed by atoms with Crippen LogP contribution < -0.4 is 4.74 Å². The Morgan fingerprint density at radius 2 is 1.39 bits per heavy atom. The summed E-state index contributed by atoms with van der Waals surface area (Å²) in [5, 5.41) is 0. The maximum Gasteiger partial charge on any atom is 0.234 e. The SMILES string of the molecule is C[N+](C)(CCc1ccccc1)C1CCN(C(=O)C2c3ccccc3Oc3ccccc32)CC1. The first-order valence-corrected chi connectivity index (χ1v) is 12.0. The van der Waals surface area contributed by atoms with Gasteiger partial charge < -0.3 is 14.1 Å². The molecule has 1 saturated heterocycles. The van der Waals surface area contributed by atoms with Crippen LogP contribution in [0.5, 0.6) is 11.5 Å². The average Bonchev–Trinajstić information content (AvgIpc) is 2.86. The molecule has 0 unspecified atom stereocenters. The fourth-order valence-corrected chi connectivity index (χ4v) is 5.39. The normalized spacial score (nSPS) is 16.6. The zero-order valence-corrected chi connectivity index (χ0v) is 19.6. The molecule has 1 amide bonds. The van der Waals surface area contributed by atoms with Crippen molar-refractivity contribution in [3.63, 3.8) is 0 Å². The van der Waals surface area contributed by atoms with E-state index < -0.39 is 0 Å². The highest BCUT2D eigenvalue weighted by molar-refractivity contribution is 5.89. The number of benzene rings is 3. The standard InChI is InChI=1S/C29H33N2O2/c1-31(2,21-18-22-10-4-3-5-11-22)23-16-19-30(20-17-23)29(32)28-24-12-6-8-14-26(24)33-27-15-9-7-13-25(27)28/h3-15,23,28H,16-21H2,1-2H3/q+1. The van der Waals surface area contributed by atoms with Crippen LogP contribution in [0.2, 0.25) is 0 Å². The van der Waals surface area contributed by atoms with Crippen LogP contribution in [0, 0.1) is 0 Å². The summed E-state index contributed by atoms with van der Waals surface area (Å²) in [6, 6.07) is 27.2. The number of nitrogens with zero attached hydrogens (tertiary/aromatic N) is 2. The topological polar surface area (TPSA) is 29.5 Å². The first kappa shape index (κ1) is 21.7. The van der Waals surface area contributed by atoms with Crippen molar-refractivity contribution in [3.8, 4) is 11.5 Å². The molecule has 0 N–H and O–H groups in total. The molecule has 2 heterocycles. The second kappa shape index (κ2) is 9.03. The smallest absolute Gasteiger partial charge is 0.234 e. The number of carbonyl (C=O) groups is 1. The maximum atomic E-state index is 13.8. The second-order valence-corrected chi connectivity index (χ2v) is 9.91. The number of quaternary nitrogens is 1. The monoisotopic (exact) mass is 441 g/mol. The van der Waals surface area contributed by atoms with Crippen LogP contribution in [-0.4, -0.2) is 55.1 Å². The lowest BCUT2D eigenvalue weighted by Gasteiger charge is -2.43. The summed E-state index contributed by atoms with van der Waals surface area (Å²) in [6.45, 7) is 2.75. The van der Waals surface area contributed by atoms with Crippen molar-refractivity contribution < 1.29 is 14.0 Å². The minimum atomic E-state index is -0.289. The van der Waals surface area contributed by atoms with Crippen LogP contribution in [0.15, 0.2) is 78.9 Å². The lowest BCUT2D eigenvalue weighted by atomic mass is 9.86. The van der Waals surface area contributed by atoms with Gasteiger partial charge >= 0.3 is 0 Å². The Morgan fingerprint density at radius 1 is 0.848 bits per heavy atom. The van der Waals surface area contributed by atoms with Gasteiger partial charge in [-0.05, 0) is 17.7 Å². The number of para-hydroxylation sites is 2. The maximum absolute atomic E-state index is 13.8. The first-order chi connectivity index (χ1) is 16.0. The quantitative estimate of drug-likeness (QED) is 0.507. The molecule has 0 aromatic heterocycles. The van der Waals surface area contributed by atoms with Crippen LogP contribution in [0.4, 0.5) is 0 Å². The molecular formula is C29H33N2O2+. The number of amides is 1. The van der Waals surface area contributed by atoms with Gasteiger partial charge in [-0.15, -0.1) is 0 Å². The van der Waals surface area contributed by atoms with E-state index in [1.165, 1.54) is 5.56 Å². The number of carbonyl (C=O) groups excluding carboxylic acids is 1. The number of likely N-dealkylation sites (N-methyl/N-ethyl adjacent to an activating group) is 1. The first-order valence-electron chi connectivity index (χ1n) is 12.0. The van der Waals surface area contributed by atoms with Crippen molar-refractivity contribution in [2.24, 2.45) is 0 Å². The highest BCUT2D eigenvalue weighted by Crippen LogP contribution is 2.45. The third kappa shape index (κ3) is 4.40. The number of hydrogen-bond acceptors (Lipinski definition) is 2. The Labute approximate surface area is 197 Å². The zero-order chi connectivity index (χ0) is 22.8. The molecule has 2 aliphatic rings. The van der Waals surface area contributed by atoms with E-state index in [0.717, 1.165) is 66.0 Å². The molecule has 4 heteroatoms. The van der Waals surface area contributed by atoms with Gasteiger partial charge in [-0.25, -0.2) is 0 Å². The van der Waals surface area contributed by atoms with Crippen LogP contribution >= 0.6 is 0 Å². The van der Waals surface area contributed by atoms with Crippen molar-refractivity contribution in [2.45, 2.75) is 31.2 Å². The predicted octanol–water partition coefficient (Wildman–Crippen LogP) is 5.23. The summed E-state index contributed by atoms with van der Waals surface area (Å²) in [4.78, 5) is 15.9. The van der Waals surface area contributed by atoms with Crippen molar-refractivity contribution >= 4 is 5.91 Å². The van der Waals surface area contributed by atoms with Gasteiger partial charge in [-0.2, -0.15) is 0 Å². The van der Waals surface area contributed by atoms with E-state index in [0.29, 0.717) is 6.04 Å². The minimum Gasteiger partial charge on any atom is -0.457 e. The summed E-state index contributed by atoms with van der Waals surface area (Å²) >= 11 is 0. The third-order valence-electron chi connectivity index (χ3n) is 7.51. The zero-order valence-electron chi connectivity index (χ0n) is 19.6. The number of fused-ring (bicyclic) bond motifs is 2. The van der Waals surface area contributed by atoms with Crippen molar-refractivity contribution in [1.82, 2.24) is 4.90 Å². The molecule has 3 aromatic carbocycles. The number of piperidine rings is 1. The van der Waals surface area contributed by atoms with Gasteiger partial charge in [-0.3, -0.25) is 4.79 Å². The molecule has 2 aliphatic heterocycles. The van der Waals surface area contributed by atoms with E-state index in [4.69, 9.17) is 4.74 Å². The molecule has 0 radical (unpaired) electrons. The van der Waals surface area contributed by atoms with Gasteiger partial charge in [0, 0.05) is 43.5 Å². The molecule has 33 heavy (non-hydrogen) atoms. The molecule has 1 fully saturated rings. The molecule has 4 nitrogen and oxygen atoms in total. The fraction of sp³-hybridized carbons (Fsp3) is 0.345. The Bertz CT molecular complexity index is 1070. The van der Waals surface area contributed by atoms with Gasteiger partial charge in [0.2, 0.25) is 5.91 Å². The molecule has 0 atom stereocenters. The predicted molar refractivity (Wildman–Crippen MR) is 132 cm³/mol. The number of rotatable bonds is 5. The Morgan fingerprint density at radius 3 is 2.00 bits per heavy atom. The fourth-order valence-electron chi connectivity index (χ4n) is 5.39. The molecule has 0 bridgehead atoms. The van der Waals surface area contributed by atoms with Crippen molar-refractivity contribution in [1.29, 1.82) is 0 Å². The highest BCUT2D eigenvalue weighted by atomic mass is 16.5. The van der Waals surface area contributed by atoms with Gasteiger partial charge in [0.05, 0.1) is 32.6 Å². The van der Waals surface area contributed by atoms with E-state index in [1.54, 1.807) is 0 Å². The lowest BCUT2D eigenvalue weighted by molar-refractivity contribution is -0.916. The molecule has 0 aliphatic carbocycles. The highest BCUT2D eigenvalue weighted by Gasteiger charge is 2.38. The Kier molecular flexibility index (Phi) is 5.94. The van der Waals surface area contributed by atoms with Gasteiger partial charge in [0.1, 0.15) is 11.5 Å². The second-order valence-electron chi connectivity index (χ2n) is 9.91. The van der Waals surface area contributed by atoms with E-state index in [1.807, 2.05) is 48.5 Å². The molecule has 5 rings (SSSR count). The van der Waals surface area contributed by atoms with Gasteiger partial charge in [0.25, 0.3) is 0 Å². The van der Waals surface area contributed by atoms with Crippen LogP contribution in [-0.2, 0) is 11.2 Å². The average molecular weight is 442 g/mol. The summed E-state index contributed by atoms with van der Waals surface area (Å²) in [5.41, 5.74) is 3.35. The minimum absolute atomic E-state index is 0.200. The van der Waals surface area contributed by atoms with E-state index in [9.17, 15) is 4.79 Å². The lowest BCUT2D eigenvalue weighted by Crippen LogP contribution is -2.55. The molecular weight excluding hydrogens is 408 g/mol. The number of ether oxygens (including phenoxy) is 1. The Balaban J connectivity index is 1.28. The summed E-state index contributed by atoms with van der Waals surface area (Å²) in [7, 11) is 4.69. The number of hydrogen-bond donors (Lipinski definition) is 0. The van der Waals surface area contributed by atoms with E-state index in [-0.39, 0.29) is 11.8 Å². The van der Waals surface area contributed by atoms with Crippen LogP contribution in [0.25, 0.3) is 0 Å². The summed E-state index contributed by atoms with van der Waals surface area (Å²) in [5.74, 6) is 1.50. The van der Waals surface area contributed by atoms with Gasteiger partial charge in [-0.1, -0.05) is 66.7 Å². The van der Waals surface area contributed by atoms with Crippen LogP contribution in [0.1, 0.15) is 35.4 Å². The molecule has 0 saturated carbocycles. The largest absolute Gasteiger partial charge is 0.457 e.